The Morgan fingerprint density at radius 2 is 1.82 bits per heavy atom. The standard InChI is InChI=1S/C28H29N3O2/c1-4-11-22-13-6-10-17-26(22)33-19-18-31-25-16-9-8-15-24(25)30-27(31)21(3)29-28(32)23-14-7-5-12-20(23)2/h4-10,12-17,21H,1,11,18-19H2,2-3H3,(H,29,32). The summed E-state index contributed by atoms with van der Waals surface area (Å²) in [6, 6.07) is 23.4. The molecular weight excluding hydrogens is 410 g/mol. The highest BCUT2D eigenvalue weighted by atomic mass is 16.5. The molecule has 0 aliphatic rings. The van der Waals surface area contributed by atoms with Gasteiger partial charge in [0.05, 0.1) is 23.6 Å². The summed E-state index contributed by atoms with van der Waals surface area (Å²) >= 11 is 0. The Balaban J connectivity index is 1.55. The normalized spacial score (nSPS) is 11.8. The second-order valence-corrected chi connectivity index (χ2v) is 8.07. The molecule has 4 rings (SSSR count). The second-order valence-electron chi connectivity index (χ2n) is 8.07. The molecule has 1 heterocycles. The molecule has 0 aliphatic carbocycles. The molecule has 1 aromatic heterocycles. The van der Waals surface area contributed by atoms with Crippen molar-refractivity contribution in [1.29, 1.82) is 0 Å². The minimum Gasteiger partial charge on any atom is -0.491 e. The number of para-hydroxylation sites is 3. The molecule has 0 bridgehead atoms. The third-order valence-corrected chi connectivity index (χ3v) is 5.72. The molecule has 1 N–H and O–H groups in total. The summed E-state index contributed by atoms with van der Waals surface area (Å²) in [4.78, 5) is 17.7. The number of carbonyl (C=O) groups is 1. The minimum atomic E-state index is -0.266. The van der Waals surface area contributed by atoms with E-state index in [0.717, 1.165) is 40.2 Å². The second kappa shape index (κ2) is 10.2. The van der Waals surface area contributed by atoms with Gasteiger partial charge >= 0.3 is 0 Å². The van der Waals surface area contributed by atoms with Crippen molar-refractivity contribution in [3.63, 3.8) is 0 Å². The van der Waals surface area contributed by atoms with Crippen molar-refractivity contribution in [2.45, 2.75) is 32.9 Å². The SMILES string of the molecule is C=CCc1ccccc1OCCn1c(C(C)NC(=O)c2ccccc2C)nc2ccccc21. The fraction of sp³-hybridized carbons (Fsp3) is 0.214. The van der Waals surface area contributed by atoms with Gasteiger partial charge in [-0.05, 0) is 55.7 Å². The Bertz CT molecular complexity index is 1280. The van der Waals surface area contributed by atoms with E-state index in [2.05, 4.69) is 22.5 Å². The lowest BCUT2D eigenvalue weighted by Gasteiger charge is -2.18. The zero-order valence-corrected chi connectivity index (χ0v) is 19.1. The number of hydrogen-bond acceptors (Lipinski definition) is 3. The third-order valence-electron chi connectivity index (χ3n) is 5.72. The molecule has 3 aromatic carbocycles. The zero-order valence-electron chi connectivity index (χ0n) is 19.1. The summed E-state index contributed by atoms with van der Waals surface area (Å²) < 4.78 is 8.26. The third kappa shape index (κ3) is 4.98. The lowest BCUT2D eigenvalue weighted by Crippen LogP contribution is -2.29. The van der Waals surface area contributed by atoms with Crippen molar-refractivity contribution < 1.29 is 9.53 Å². The number of nitrogens with zero attached hydrogens (tertiary/aromatic N) is 2. The van der Waals surface area contributed by atoms with Crippen LogP contribution in [0.1, 0.15) is 40.3 Å². The lowest BCUT2D eigenvalue weighted by atomic mass is 10.1. The molecule has 0 spiro atoms. The van der Waals surface area contributed by atoms with E-state index in [1.807, 2.05) is 86.7 Å². The summed E-state index contributed by atoms with van der Waals surface area (Å²) in [6.45, 7) is 8.84. The molecule has 1 unspecified atom stereocenters. The van der Waals surface area contributed by atoms with E-state index in [0.29, 0.717) is 18.7 Å². The van der Waals surface area contributed by atoms with Gasteiger partial charge in [0, 0.05) is 5.56 Å². The highest BCUT2D eigenvalue weighted by Gasteiger charge is 2.20. The summed E-state index contributed by atoms with van der Waals surface area (Å²) in [6.07, 6.45) is 2.64. The molecular formula is C28H29N3O2. The summed E-state index contributed by atoms with van der Waals surface area (Å²) in [5.41, 5.74) is 4.66. The molecule has 5 nitrogen and oxygen atoms in total. The molecule has 4 aromatic rings. The maximum absolute atomic E-state index is 12.9. The number of hydrogen-bond donors (Lipinski definition) is 1. The van der Waals surface area contributed by atoms with E-state index in [1.165, 1.54) is 0 Å². The van der Waals surface area contributed by atoms with Gasteiger partial charge < -0.3 is 14.6 Å². The maximum Gasteiger partial charge on any atom is 0.252 e. The average Bonchev–Trinajstić information content (AvgIpc) is 3.19. The highest BCUT2D eigenvalue weighted by molar-refractivity contribution is 5.95. The number of nitrogens with one attached hydrogen (secondary N) is 1. The van der Waals surface area contributed by atoms with Crippen LogP contribution in [-0.2, 0) is 13.0 Å². The Morgan fingerprint density at radius 3 is 2.64 bits per heavy atom. The molecule has 0 saturated heterocycles. The van der Waals surface area contributed by atoms with Crippen LogP contribution < -0.4 is 10.1 Å². The average molecular weight is 440 g/mol. The van der Waals surface area contributed by atoms with Crippen LogP contribution in [0.4, 0.5) is 0 Å². The van der Waals surface area contributed by atoms with Gasteiger partial charge in [0.2, 0.25) is 0 Å². The molecule has 5 heteroatoms. The number of amides is 1. The Kier molecular flexibility index (Phi) is 6.89. The fourth-order valence-electron chi connectivity index (χ4n) is 4.04. The minimum absolute atomic E-state index is 0.103. The maximum atomic E-state index is 12.9. The van der Waals surface area contributed by atoms with E-state index in [9.17, 15) is 4.79 Å². The van der Waals surface area contributed by atoms with Gasteiger partial charge in [0.1, 0.15) is 18.2 Å². The number of aryl methyl sites for hydroxylation is 1. The van der Waals surface area contributed by atoms with Crippen molar-refractivity contribution in [2.75, 3.05) is 6.61 Å². The fourth-order valence-corrected chi connectivity index (χ4v) is 4.04. The quantitative estimate of drug-likeness (QED) is 0.343. The van der Waals surface area contributed by atoms with Crippen LogP contribution in [0, 0.1) is 6.92 Å². The smallest absolute Gasteiger partial charge is 0.252 e. The van der Waals surface area contributed by atoms with Crippen LogP contribution in [0.15, 0.2) is 85.5 Å². The number of carbonyl (C=O) groups excluding carboxylic acids is 1. The van der Waals surface area contributed by atoms with Gasteiger partial charge in [-0.15, -0.1) is 6.58 Å². The molecule has 1 atom stereocenters. The first kappa shape index (κ1) is 22.3. The van der Waals surface area contributed by atoms with E-state index < -0.39 is 0 Å². The van der Waals surface area contributed by atoms with Gasteiger partial charge in [-0.3, -0.25) is 4.79 Å². The van der Waals surface area contributed by atoms with Gasteiger partial charge in [0.15, 0.2) is 0 Å². The molecule has 33 heavy (non-hydrogen) atoms. The van der Waals surface area contributed by atoms with E-state index in [-0.39, 0.29) is 11.9 Å². The van der Waals surface area contributed by atoms with E-state index in [1.54, 1.807) is 0 Å². The number of benzene rings is 3. The monoisotopic (exact) mass is 439 g/mol. The van der Waals surface area contributed by atoms with Gasteiger partial charge in [0.25, 0.3) is 5.91 Å². The van der Waals surface area contributed by atoms with E-state index >= 15 is 0 Å². The molecule has 1 amide bonds. The molecule has 0 saturated carbocycles. The highest BCUT2D eigenvalue weighted by Crippen LogP contribution is 2.23. The zero-order chi connectivity index (χ0) is 23.2. The van der Waals surface area contributed by atoms with Crippen LogP contribution in [0.25, 0.3) is 11.0 Å². The first-order chi connectivity index (χ1) is 16.1. The van der Waals surface area contributed by atoms with Crippen molar-refractivity contribution in [3.05, 3.63) is 108 Å². The van der Waals surface area contributed by atoms with Crippen molar-refractivity contribution in [1.82, 2.24) is 14.9 Å². The van der Waals surface area contributed by atoms with Crippen molar-refractivity contribution in [2.24, 2.45) is 0 Å². The first-order valence-corrected chi connectivity index (χ1v) is 11.2. The predicted octanol–water partition coefficient (Wildman–Crippen LogP) is 5.64. The van der Waals surface area contributed by atoms with Crippen molar-refractivity contribution >= 4 is 16.9 Å². The molecule has 0 aliphatic heterocycles. The van der Waals surface area contributed by atoms with Crippen LogP contribution in [-0.4, -0.2) is 22.1 Å². The van der Waals surface area contributed by atoms with Crippen LogP contribution in [0.3, 0.4) is 0 Å². The number of rotatable bonds is 9. The largest absolute Gasteiger partial charge is 0.491 e. The number of imidazole rings is 1. The van der Waals surface area contributed by atoms with Crippen LogP contribution in [0.2, 0.25) is 0 Å². The number of allylic oxidation sites excluding steroid dienone is 1. The summed E-state index contributed by atoms with van der Waals surface area (Å²) in [5.74, 6) is 1.57. The Hall–Kier alpha value is -3.86. The summed E-state index contributed by atoms with van der Waals surface area (Å²) in [7, 11) is 0. The van der Waals surface area contributed by atoms with E-state index in [4.69, 9.17) is 9.72 Å². The molecule has 0 fully saturated rings. The number of aromatic nitrogens is 2. The van der Waals surface area contributed by atoms with Crippen LogP contribution >= 0.6 is 0 Å². The van der Waals surface area contributed by atoms with Gasteiger partial charge in [-0.2, -0.15) is 0 Å². The Labute approximate surface area is 194 Å². The van der Waals surface area contributed by atoms with Crippen LogP contribution in [0.5, 0.6) is 5.75 Å². The van der Waals surface area contributed by atoms with Gasteiger partial charge in [-0.25, -0.2) is 4.98 Å². The number of ether oxygens (including phenoxy) is 1. The number of fused-ring (bicyclic) bond motifs is 1. The Morgan fingerprint density at radius 1 is 1.09 bits per heavy atom. The first-order valence-electron chi connectivity index (χ1n) is 11.2. The topological polar surface area (TPSA) is 56.1 Å². The summed E-state index contributed by atoms with van der Waals surface area (Å²) in [5, 5.41) is 3.11. The van der Waals surface area contributed by atoms with Crippen molar-refractivity contribution in [3.8, 4) is 5.75 Å². The lowest BCUT2D eigenvalue weighted by molar-refractivity contribution is 0.0937. The van der Waals surface area contributed by atoms with Gasteiger partial charge in [-0.1, -0.05) is 54.6 Å². The molecule has 168 valence electrons. The predicted molar refractivity (Wildman–Crippen MR) is 133 cm³/mol. The molecule has 0 radical (unpaired) electrons.